The summed E-state index contributed by atoms with van der Waals surface area (Å²) in [5.41, 5.74) is 1.44. The van der Waals surface area contributed by atoms with Gasteiger partial charge in [0.05, 0.1) is 8.07 Å². The van der Waals surface area contributed by atoms with Crippen LogP contribution in [0.2, 0.25) is 19.6 Å². The zero-order valence-electron chi connectivity index (χ0n) is 14.4. The van der Waals surface area contributed by atoms with Gasteiger partial charge in [0.15, 0.2) is 0 Å². The molecule has 1 nitrogen and oxygen atoms in total. The topological polar surface area (TPSA) is 12.0 Å². The van der Waals surface area contributed by atoms with Gasteiger partial charge in [0.2, 0.25) is 0 Å². The summed E-state index contributed by atoms with van der Waals surface area (Å²) in [6, 6.07) is 10.1. The Bertz CT molecular complexity index is 410. The van der Waals surface area contributed by atoms with E-state index >= 15 is 0 Å². The van der Waals surface area contributed by atoms with Crippen LogP contribution in [-0.4, -0.2) is 14.1 Å². The van der Waals surface area contributed by atoms with Crippen LogP contribution >= 0.6 is 0 Å². The number of benzene rings is 1. The molecule has 2 heteroatoms. The van der Waals surface area contributed by atoms with Crippen LogP contribution in [0.4, 0.5) is 0 Å². The third-order valence-corrected chi connectivity index (χ3v) is 7.02. The van der Waals surface area contributed by atoms with Crippen LogP contribution in [0.1, 0.15) is 51.0 Å². The molecule has 0 amide bonds. The van der Waals surface area contributed by atoms with Gasteiger partial charge in [-0.3, -0.25) is 0 Å². The van der Waals surface area contributed by atoms with Crippen LogP contribution in [0.25, 0.3) is 0 Å². The molecule has 1 saturated carbocycles. The molecular formula is C19H33NSi. The third kappa shape index (κ3) is 5.26. The van der Waals surface area contributed by atoms with Crippen molar-refractivity contribution in [1.29, 1.82) is 0 Å². The van der Waals surface area contributed by atoms with E-state index in [0.29, 0.717) is 0 Å². The molecule has 21 heavy (non-hydrogen) atoms. The highest BCUT2D eigenvalue weighted by molar-refractivity contribution is 6.88. The van der Waals surface area contributed by atoms with E-state index in [1.165, 1.54) is 44.1 Å². The second-order valence-electron chi connectivity index (χ2n) is 7.83. The fraction of sp³-hybridized carbons (Fsp3) is 0.684. The van der Waals surface area contributed by atoms with Crippen molar-refractivity contribution < 1.29 is 0 Å². The van der Waals surface area contributed by atoms with Gasteiger partial charge in [-0.25, -0.2) is 0 Å². The van der Waals surface area contributed by atoms with Gasteiger partial charge in [-0.1, -0.05) is 68.9 Å². The van der Waals surface area contributed by atoms with Crippen molar-refractivity contribution >= 4 is 13.3 Å². The summed E-state index contributed by atoms with van der Waals surface area (Å²) in [5, 5.41) is 5.33. The van der Waals surface area contributed by atoms with Gasteiger partial charge in [-0.05, 0) is 37.2 Å². The highest BCUT2D eigenvalue weighted by Gasteiger charge is 2.20. The predicted molar refractivity (Wildman–Crippen MR) is 96.9 cm³/mol. The first-order chi connectivity index (χ1) is 9.99. The van der Waals surface area contributed by atoms with E-state index in [1.54, 1.807) is 5.19 Å². The Morgan fingerprint density at radius 3 is 2.14 bits per heavy atom. The summed E-state index contributed by atoms with van der Waals surface area (Å²) < 4.78 is 0. The molecule has 1 aromatic carbocycles. The smallest absolute Gasteiger partial charge is 0.0775 e. The van der Waals surface area contributed by atoms with Crippen molar-refractivity contribution in [1.82, 2.24) is 5.32 Å². The van der Waals surface area contributed by atoms with Crippen LogP contribution < -0.4 is 10.5 Å². The first kappa shape index (κ1) is 16.8. The summed E-state index contributed by atoms with van der Waals surface area (Å²) in [4.78, 5) is 0. The Morgan fingerprint density at radius 2 is 1.62 bits per heavy atom. The van der Waals surface area contributed by atoms with E-state index in [1.807, 2.05) is 0 Å². The van der Waals surface area contributed by atoms with Gasteiger partial charge in [0.25, 0.3) is 0 Å². The Kier molecular flexibility index (Phi) is 6.06. The molecule has 1 aromatic rings. The standard InChI is InChI=1S/C19H33NSi/c1-5-6-16-7-11-18(12-8-16)20-15-17-9-13-19(14-10-17)21(2,3)4/h9-10,13-14,16,18,20H,5-8,11-12,15H2,1-4H3. The molecule has 0 bridgehead atoms. The average Bonchev–Trinajstić information content (AvgIpc) is 2.46. The normalized spacial score (nSPS) is 23.2. The van der Waals surface area contributed by atoms with Crippen LogP contribution in [0.5, 0.6) is 0 Å². The zero-order chi connectivity index (χ0) is 15.3. The Hall–Kier alpha value is -0.603. The molecule has 1 aliphatic rings. The van der Waals surface area contributed by atoms with E-state index < -0.39 is 8.07 Å². The predicted octanol–water partition coefficient (Wildman–Crippen LogP) is 4.68. The SMILES string of the molecule is CCCC1CCC(NCc2ccc([Si](C)(C)C)cc2)CC1. The Labute approximate surface area is 132 Å². The van der Waals surface area contributed by atoms with Gasteiger partial charge in [-0.15, -0.1) is 0 Å². The van der Waals surface area contributed by atoms with E-state index in [9.17, 15) is 0 Å². The maximum absolute atomic E-state index is 3.77. The van der Waals surface area contributed by atoms with Gasteiger partial charge in [-0.2, -0.15) is 0 Å². The van der Waals surface area contributed by atoms with Gasteiger partial charge < -0.3 is 5.32 Å². The highest BCUT2D eigenvalue weighted by Crippen LogP contribution is 2.27. The van der Waals surface area contributed by atoms with Gasteiger partial charge >= 0.3 is 0 Å². The number of hydrogen-bond donors (Lipinski definition) is 1. The first-order valence-corrected chi connectivity index (χ1v) is 12.3. The summed E-state index contributed by atoms with van der Waals surface area (Å²) in [5.74, 6) is 1.00. The minimum Gasteiger partial charge on any atom is -0.310 e. The molecule has 1 aliphatic carbocycles. The van der Waals surface area contributed by atoms with Crippen molar-refractivity contribution in [3.8, 4) is 0 Å². The summed E-state index contributed by atoms with van der Waals surface area (Å²) in [6.45, 7) is 10.6. The summed E-state index contributed by atoms with van der Waals surface area (Å²) >= 11 is 0. The lowest BCUT2D eigenvalue weighted by atomic mass is 9.83. The largest absolute Gasteiger partial charge is 0.310 e. The van der Waals surface area contributed by atoms with E-state index in [0.717, 1.165) is 18.5 Å². The number of nitrogens with one attached hydrogen (secondary N) is 1. The van der Waals surface area contributed by atoms with E-state index in [2.05, 4.69) is 56.1 Å². The van der Waals surface area contributed by atoms with Crippen LogP contribution in [-0.2, 0) is 6.54 Å². The lowest BCUT2D eigenvalue weighted by Gasteiger charge is -2.29. The minimum absolute atomic E-state index is 0.745. The average molecular weight is 304 g/mol. The summed E-state index contributed by atoms with van der Waals surface area (Å²) in [6.07, 6.45) is 8.40. The fourth-order valence-electron chi connectivity index (χ4n) is 3.45. The quantitative estimate of drug-likeness (QED) is 0.752. The van der Waals surface area contributed by atoms with E-state index in [4.69, 9.17) is 0 Å². The molecule has 0 heterocycles. The molecule has 0 unspecified atom stereocenters. The fourth-order valence-corrected chi connectivity index (χ4v) is 4.61. The van der Waals surface area contributed by atoms with Crippen molar-refractivity contribution in [2.45, 2.75) is 77.7 Å². The van der Waals surface area contributed by atoms with Crippen LogP contribution in [0, 0.1) is 5.92 Å². The second kappa shape index (κ2) is 7.60. The molecule has 0 atom stereocenters. The van der Waals surface area contributed by atoms with Gasteiger partial charge in [0.1, 0.15) is 0 Å². The van der Waals surface area contributed by atoms with Crippen molar-refractivity contribution in [3.05, 3.63) is 29.8 Å². The van der Waals surface area contributed by atoms with Crippen molar-refractivity contribution in [2.75, 3.05) is 0 Å². The van der Waals surface area contributed by atoms with Crippen molar-refractivity contribution in [3.63, 3.8) is 0 Å². The highest BCUT2D eigenvalue weighted by atomic mass is 28.3. The molecule has 0 spiro atoms. The lowest BCUT2D eigenvalue weighted by molar-refractivity contribution is 0.277. The molecule has 0 aromatic heterocycles. The lowest BCUT2D eigenvalue weighted by Crippen LogP contribution is -2.37. The number of hydrogen-bond acceptors (Lipinski definition) is 1. The molecule has 0 saturated heterocycles. The maximum Gasteiger partial charge on any atom is 0.0775 e. The molecular weight excluding hydrogens is 270 g/mol. The summed E-state index contributed by atoms with van der Waals surface area (Å²) in [7, 11) is -1.15. The molecule has 2 rings (SSSR count). The van der Waals surface area contributed by atoms with Gasteiger partial charge in [0, 0.05) is 12.6 Å². The Morgan fingerprint density at radius 1 is 1.00 bits per heavy atom. The first-order valence-electron chi connectivity index (χ1n) is 8.82. The Balaban J connectivity index is 1.76. The molecule has 0 aliphatic heterocycles. The molecule has 0 radical (unpaired) electrons. The maximum atomic E-state index is 3.77. The minimum atomic E-state index is -1.15. The molecule has 1 fully saturated rings. The number of rotatable bonds is 6. The van der Waals surface area contributed by atoms with Crippen molar-refractivity contribution in [2.24, 2.45) is 5.92 Å². The zero-order valence-corrected chi connectivity index (χ0v) is 15.4. The second-order valence-corrected chi connectivity index (χ2v) is 12.9. The van der Waals surface area contributed by atoms with Crippen LogP contribution in [0.3, 0.4) is 0 Å². The monoisotopic (exact) mass is 303 g/mol. The third-order valence-electron chi connectivity index (χ3n) is 4.96. The molecule has 1 N–H and O–H groups in total. The van der Waals surface area contributed by atoms with E-state index in [-0.39, 0.29) is 0 Å². The molecule has 118 valence electrons. The van der Waals surface area contributed by atoms with Crippen LogP contribution in [0.15, 0.2) is 24.3 Å².